The van der Waals surface area contributed by atoms with Gasteiger partial charge in [0.25, 0.3) is 10.0 Å². The van der Waals surface area contributed by atoms with Crippen LogP contribution in [0, 0.1) is 27.7 Å². The van der Waals surface area contributed by atoms with E-state index >= 15 is 0 Å². The molecule has 0 aromatic heterocycles. The van der Waals surface area contributed by atoms with Gasteiger partial charge in [-0.25, -0.2) is 16.8 Å². The maximum atomic E-state index is 13.2. The van der Waals surface area contributed by atoms with Crippen LogP contribution in [0.1, 0.15) is 33.4 Å². The van der Waals surface area contributed by atoms with E-state index in [9.17, 15) is 22.0 Å². The zero-order valence-electron chi connectivity index (χ0n) is 21.7. The lowest BCUT2D eigenvalue weighted by Gasteiger charge is -2.25. The third-order valence-corrected chi connectivity index (χ3v) is 9.36. The van der Waals surface area contributed by atoms with Crippen LogP contribution in [0.2, 0.25) is 0 Å². The fraction of sp³-hybridized carbons (Fsp3) is 0.138. The number of hydrogen-bond acceptors (Lipinski definition) is 6. The first-order valence-corrected chi connectivity index (χ1v) is 15.0. The van der Waals surface area contributed by atoms with Gasteiger partial charge in [0.05, 0.1) is 15.5 Å². The van der Waals surface area contributed by atoms with Crippen LogP contribution in [-0.4, -0.2) is 27.8 Å². The van der Waals surface area contributed by atoms with Crippen molar-refractivity contribution in [1.82, 2.24) is 0 Å². The van der Waals surface area contributed by atoms with Crippen LogP contribution in [0.15, 0.2) is 87.7 Å². The number of sulfonamides is 2. The van der Waals surface area contributed by atoms with E-state index in [-0.39, 0.29) is 15.5 Å². The van der Waals surface area contributed by atoms with E-state index in [1.54, 1.807) is 37.3 Å². The molecule has 0 radical (unpaired) electrons. The lowest BCUT2D eigenvalue weighted by Crippen LogP contribution is -2.14. The van der Waals surface area contributed by atoms with Crippen molar-refractivity contribution in [2.45, 2.75) is 37.5 Å². The van der Waals surface area contributed by atoms with Crippen molar-refractivity contribution in [2.75, 3.05) is 4.72 Å². The summed E-state index contributed by atoms with van der Waals surface area (Å²) >= 11 is 0. The molecule has 1 aliphatic carbocycles. The predicted octanol–water partition coefficient (Wildman–Crippen LogP) is 6.32. The van der Waals surface area contributed by atoms with Gasteiger partial charge in [-0.05, 0) is 80.3 Å². The molecule has 0 bridgehead atoms. The molecule has 39 heavy (non-hydrogen) atoms. The Morgan fingerprint density at radius 3 is 1.87 bits per heavy atom. The Kier molecular flexibility index (Phi) is 6.48. The average Bonchev–Trinajstić information content (AvgIpc) is 3.20. The van der Waals surface area contributed by atoms with E-state index in [0.717, 1.165) is 22.3 Å². The number of nitrogens with one attached hydrogen (secondary N) is 1. The topological polar surface area (TPSA) is 127 Å². The molecule has 4 aromatic rings. The minimum absolute atomic E-state index is 0.0196. The first kappa shape index (κ1) is 26.5. The summed E-state index contributed by atoms with van der Waals surface area (Å²) in [7, 11) is -8.05. The van der Waals surface area contributed by atoms with Crippen LogP contribution in [0.25, 0.3) is 15.8 Å². The molecule has 2 N–H and O–H groups in total. The molecule has 0 heterocycles. The molecule has 0 fully saturated rings. The van der Waals surface area contributed by atoms with Gasteiger partial charge in [-0.2, -0.15) is 0 Å². The molecular weight excluding hydrogens is 534 g/mol. The molecule has 0 saturated heterocycles. The van der Waals surface area contributed by atoms with Crippen molar-refractivity contribution in [2.24, 2.45) is 5.16 Å². The van der Waals surface area contributed by atoms with Gasteiger partial charge >= 0.3 is 0 Å². The second-order valence-electron chi connectivity index (χ2n) is 9.64. The number of anilines is 1. The molecule has 10 heteroatoms. The average molecular weight is 561 g/mol. The summed E-state index contributed by atoms with van der Waals surface area (Å²) in [6.45, 7) is 7.32. The molecule has 0 spiro atoms. The first-order valence-electron chi connectivity index (χ1n) is 12.1. The van der Waals surface area contributed by atoms with Gasteiger partial charge in [-0.15, -0.1) is 5.69 Å². The smallest absolute Gasteiger partial charge is 0.261 e. The maximum absolute atomic E-state index is 13.2. The minimum atomic E-state index is -4.08. The van der Waals surface area contributed by atoms with Gasteiger partial charge < -0.3 is 9.93 Å². The standard InChI is InChI=1S/C29H26N3O5S2/c1-17-5-7-19(3)27(13-17)31-38(34,35)21-9-11-23-24-12-10-22(16-26(24)29(30-33)25(23)15-21)39(36,37)32-28-14-18(2)6-8-20(28)4/h5-16,31,33H,1-4H3/q-1. The lowest BCUT2D eigenvalue weighted by atomic mass is 10.1. The van der Waals surface area contributed by atoms with E-state index in [1.807, 2.05) is 39.0 Å². The van der Waals surface area contributed by atoms with E-state index in [1.165, 1.54) is 24.3 Å². The number of fused-ring (bicyclic) bond motifs is 3. The van der Waals surface area contributed by atoms with E-state index in [0.29, 0.717) is 33.6 Å². The quantitative estimate of drug-likeness (QED) is 0.186. The van der Waals surface area contributed by atoms with Crippen LogP contribution in [0.4, 0.5) is 11.4 Å². The number of hydrogen-bond donors (Lipinski definition) is 2. The van der Waals surface area contributed by atoms with Gasteiger partial charge in [0.2, 0.25) is 0 Å². The largest absolute Gasteiger partial charge is 0.572 e. The van der Waals surface area contributed by atoms with Gasteiger partial charge in [-0.1, -0.05) is 58.7 Å². The summed E-state index contributed by atoms with van der Waals surface area (Å²) < 4.78 is 59.5. The van der Waals surface area contributed by atoms with Crippen molar-refractivity contribution in [3.05, 3.63) is 111 Å². The molecule has 1 aliphatic rings. The first-order chi connectivity index (χ1) is 18.4. The fourth-order valence-corrected chi connectivity index (χ4v) is 6.75. The predicted molar refractivity (Wildman–Crippen MR) is 152 cm³/mol. The van der Waals surface area contributed by atoms with Gasteiger partial charge in [-0.3, -0.25) is 4.72 Å². The highest BCUT2D eigenvalue weighted by molar-refractivity contribution is 7.94. The number of aryl methyl sites for hydroxylation is 4. The second-order valence-corrected chi connectivity index (χ2v) is 12.9. The van der Waals surface area contributed by atoms with Crippen molar-refractivity contribution in [3.8, 4) is 11.1 Å². The molecule has 4 aromatic carbocycles. The van der Waals surface area contributed by atoms with Gasteiger partial charge in [0.15, 0.2) is 0 Å². The van der Waals surface area contributed by atoms with Crippen LogP contribution < -0.4 is 4.72 Å². The zero-order valence-corrected chi connectivity index (χ0v) is 23.4. The van der Waals surface area contributed by atoms with Crippen LogP contribution in [0.3, 0.4) is 0 Å². The van der Waals surface area contributed by atoms with Crippen LogP contribution in [0.5, 0.6) is 0 Å². The monoisotopic (exact) mass is 560 g/mol. The van der Waals surface area contributed by atoms with E-state index < -0.39 is 20.0 Å². The third-order valence-electron chi connectivity index (χ3n) is 6.71. The SMILES string of the molecule is Cc1ccc(C)c([N-]S(=O)(=O)c2ccc3c(c2)C(=NO)c2cc(S(=O)(=O)Nc4cc(C)ccc4C)ccc2-3)c1. The highest BCUT2D eigenvalue weighted by atomic mass is 32.2. The Morgan fingerprint density at radius 2 is 1.23 bits per heavy atom. The molecular formula is C29H26N3O5S2-. The zero-order chi connectivity index (χ0) is 28.1. The van der Waals surface area contributed by atoms with Crippen molar-refractivity contribution >= 4 is 37.1 Å². The normalized spacial score (nSPS) is 13.7. The Labute approximate surface area is 228 Å². The van der Waals surface area contributed by atoms with Crippen molar-refractivity contribution in [3.63, 3.8) is 0 Å². The van der Waals surface area contributed by atoms with Crippen molar-refractivity contribution < 1.29 is 22.0 Å². The van der Waals surface area contributed by atoms with E-state index in [4.69, 9.17) is 0 Å². The van der Waals surface area contributed by atoms with Crippen LogP contribution >= 0.6 is 0 Å². The summed E-state index contributed by atoms with van der Waals surface area (Å²) in [4.78, 5) is -0.0885. The number of oxime groups is 1. The summed E-state index contributed by atoms with van der Waals surface area (Å²) in [5, 5.41) is 13.3. The Balaban J connectivity index is 1.51. The molecule has 0 unspecified atom stereocenters. The van der Waals surface area contributed by atoms with Crippen LogP contribution in [-0.2, 0) is 20.0 Å². The Morgan fingerprint density at radius 1 is 0.667 bits per heavy atom. The minimum Gasteiger partial charge on any atom is -0.572 e. The number of rotatable bonds is 6. The second kappa shape index (κ2) is 9.55. The molecule has 8 nitrogen and oxygen atoms in total. The molecule has 0 aliphatic heterocycles. The Bertz CT molecular complexity index is 1760. The summed E-state index contributed by atoms with van der Waals surface area (Å²) in [6, 6.07) is 19.8. The fourth-order valence-electron chi connectivity index (χ4n) is 4.54. The molecule has 0 atom stereocenters. The molecule has 200 valence electrons. The summed E-state index contributed by atoms with van der Waals surface area (Å²) in [6.07, 6.45) is 0. The number of benzene rings is 4. The molecule has 5 rings (SSSR count). The number of nitrogens with zero attached hydrogens (tertiary/aromatic N) is 2. The Hall–Kier alpha value is -4.15. The highest BCUT2D eigenvalue weighted by Gasteiger charge is 2.29. The van der Waals surface area contributed by atoms with Gasteiger partial charge in [0, 0.05) is 11.1 Å². The van der Waals surface area contributed by atoms with Gasteiger partial charge in [0.1, 0.15) is 15.7 Å². The molecule has 0 amide bonds. The summed E-state index contributed by atoms with van der Waals surface area (Å²) in [5.74, 6) is 0. The lowest BCUT2D eigenvalue weighted by molar-refractivity contribution is 0.320. The van der Waals surface area contributed by atoms with Crippen molar-refractivity contribution in [1.29, 1.82) is 0 Å². The maximum Gasteiger partial charge on any atom is 0.261 e. The van der Waals surface area contributed by atoms with E-state index in [2.05, 4.69) is 14.6 Å². The summed E-state index contributed by atoms with van der Waals surface area (Å²) in [5.41, 5.74) is 6.16. The molecule has 0 saturated carbocycles. The third kappa shape index (κ3) is 4.88. The highest BCUT2D eigenvalue weighted by Crippen LogP contribution is 2.41.